The predicted molar refractivity (Wildman–Crippen MR) is 86.4 cm³/mol. The molecule has 0 N–H and O–H groups in total. The van der Waals surface area contributed by atoms with Crippen LogP contribution in [0.1, 0.15) is 30.3 Å². The van der Waals surface area contributed by atoms with Crippen LogP contribution in [0.15, 0.2) is 47.2 Å². The number of pyridine rings is 1. The molecule has 6 nitrogen and oxygen atoms in total. The van der Waals surface area contributed by atoms with E-state index in [1.165, 1.54) is 17.0 Å². The van der Waals surface area contributed by atoms with Crippen LogP contribution in [0.3, 0.4) is 0 Å². The molecule has 1 amide bonds. The third-order valence-corrected chi connectivity index (χ3v) is 4.27. The zero-order valence-electron chi connectivity index (χ0n) is 13.6. The van der Waals surface area contributed by atoms with Gasteiger partial charge >= 0.3 is 0 Å². The first-order chi connectivity index (χ1) is 12.6. The van der Waals surface area contributed by atoms with Gasteiger partial charge in [0.2, 0.25) is 17.6 Å². The van der Waals surface area contributed by atoms with Crippen LogP contribution in [0.2, 0.25) is 0 Å². The second kappa shape index (κ2) is 6.62. The number of amides is 1. The summed E-state index contributed by atoms with van der Waals surface area (Å²) in [5.74, 6) is -0.775. The number of benzene rings is 1. The Hall–Kier alpha value is -3.16. The van der Waals surface area contributed by atoms with E-state index < -0.39 is 17.7 Å². The van der Waals surface area contributed by atoms with Crippen molar-refractivity contribution in [1.82, 2.24) is 20.0 Å². The molecule has 4 rings (SSSR count). The monoisotopic (exact) mass is 356 g/mol. The second-order valence-corrected chi connectivity index (χ2v) is 6.05. The van der Waals surface area contributed by atoms with Gasteiger partial charge < -0.3 is 9.42 Å². The maximum absolute atomic E-state index is 13.4. The molecule has 1 aliphatic heterocycles. The summed E-state index contributed by atoms with van der Waals surface area (Å²) in [4.78, 5) is 22.1. The lowest BCUT2D eigenvalue weighted by molar-refractivity contribution is -0.130. The standard InChI is InChI=1S/C18H14F2N4O2/c19-13-7-11(8-14(20)9-13)10-24-15(1-2-16(24)25)18-22-17(23-26-18)12-3-5-21-6-4-12/h3-9,15H,1-2,10H2. The fourth-order valence-corrected chi connectivity index (χ4v) is 3.08. The van der Waals surface area contributed by atoms with Gasteiger partial charge in [0.05, 0.1) is 0 Å². The van der Waals surface area contributed by atoms with Crippen molar-refractivity contribution in [1.29, 1.82) is 0 Å². The van der Waals surface area contributed by atoms with Gasteiger partial charge in [-0.2, -0.15) is 4.98 Å². The van der Waals surface area contributed by atoms with Crippen molar-refractivity contribution < 1.29 is 18.1 Å². The molecule has 1 fully saturated rings. The van der Waals surface area contributed by atoms with Crippen molar-refractivity contribution in [3.05, 3.63) is 65.8 Å². The summed E-state index contributed by atoms with van der Waals surface area (Å²) in [7, 11) is 0. The number of aromatic nitrogens is 3. The summed E-state index contributed by atoms with van der Waals surface area (Å²) in [6, 6.07) is 6.30. The molecule has 26 heavy (non-hydrogen) atoms. The van der Waals surface area contributed by atoms with E-state index in [0.29, 0.717) is 30.1 Å². The summed E-state index contributed by atoms with van der Waals surface area (Å²) in [5.41, 5.74) is 1.12. The van der Waals surface area contributed by atoms with Crippen molar-refractivity contribution in [2.75, 3.05) is 0 Å². The van der Waals surface area contributed by atoms with Crippen molar-refractivity contribution >= 4 is 5.91 Å². The quantitative estimate of drug-likeness (QED) is 0.717. The third kappa shape index (κ3) is 3.17. The van der Waals surface area contributed by atoms with Gasteiger partial charge in [0.1, 0.15) is 17.7 Å². The maximum atomic E-state index is 13.4. The summed E-state index contributed by atoms with van der Waals surface area (Å²) in [5, 5.41) is 3.95. The topological polar surface area (TPSA) is 72.1 Å². The molecule has 0 bridgehead atoms. The van der Waals surface area contributed by atoms with E-state index in [-0.39, 0.29) is 12.5 Å². The third-order valence-electron chi connectivity index (χ3n) is 4.27. The lowest BCUT2D eigenvalue weighted by Gasteiger charge is -2.22. The van der Waals surface area contributed by atoms with Crippen LogP contribution >= 0.6 is 0 Å². The van der Waals surface area contributed by atoms with E-state index in [0.717, 1.165) is 11.6 Å². The van der Waals surface area contributed by atoms with Gasteiger partial charge in [0.15, 0.2) is 0 Å². The Morgan fingerprint density at radius 3 is 2.62 bits per heavy atom. The van der Waals surface area contributed by atoms with E-state index >= 15 is 0 Å². The van der Waals surface area contributed by atoms with Gasteiger partial charge in [-0.3, -0.25) is 9.78 Å². The summed E-state index contributed by atoms with van der Waals surface area (Å²) >= 11 is 0. The molecule has 0 radical (unpaired) electrons. The summed E-state index contributed by atoms with van der Waals surface area (Å²) < 4.78 is 32.2. The van der Waals surface area contributed by atoms with Crippen LogP contribution in [0, 0.1) is 11.6 Å². The summed E-state index contributed by atoms with van der Waals surface area (Å²) in [6.07, 6.45) is 4.06. The number of likely N-dealkylation sites (tertiary alicyclic amines) is 1. The Bertz CT molecular complexity index is 925. The molecular weight excluding hydrogens is 342 g/mol. The van der Waals surface area contributed by atoms with Gasteiger partial charge in [-0.15, -0.1) is 0 Å². The Kier molecular flexibility index (Phi) is 4.16. The van der Waals surface area contributed by atoms with E-state index in [4.69, 9.17) is 4.52 Å². The molecule has 8 heteroatoms. The molecule has 3 heterocycles. The van der Waals surface area contributed by atoms with Crippen molar-refractivity contribution in [2.24, 2.45) is 0 Å². The van der Waals surface area contributed by atoms with Crippen molar-refractivity contribution in [3.8, 4) is 11.4 Å². The zero-order chi connectivity index (χ0) is 18.1. The SMILES string of the molecule is O=C1CCC(c2nc(-c3ccncc3)no2)N1Cc1cc(F)cc(F)c1. The Morgan fingerprint density at radius 2 is 1.88 bits per heavy atom. The van der Waals surface area contributed by atoms with E-state index in [9.17, 15) is 13.6 Å². The van der Waals surface area contributed by atoms with Crippen LogP contribution in [0.5, 0.6) is 0 Å². The fraction of sp³-hybridized carbons (Fsp3) is 0.222. The molecule has 1 unspecified atom stereocenters. The minimum absolute atomic E-state index is 0.0746. The fourth-order valence-electron chi connectivity index (χ4n) is 3.08. The Morgan fingerprint density at radius 1 is 1.15 bits per heavy atom. The minimum atomic E-state index is -0.680. The normalized spacial score (nSPS) is 17.1. The Balaban J connectivity index is 1.59. The van der Waals surface area contributed by atoms with Crippen molar-refractivity contribution in [3.63, 3.8) is 0 Å². The van der Waals surface area contributed by atoms with Crippen LogP contribution in [0.4, 0.5) is 8.78 Å². The first-order valence-corrected chi connectivity index (χ1v) is 8.08. The highest BCUT2D eigenvalue weighted by Gasteiger charge is 2.36. The molecule has 0 saturated carbocycles. The number of hydrogen-bond donors (Lipinski definition) is 0. The maximum Gasteiger partial charge on any atom is 0.249 e. The van der Waals surface area contributed by atoms with Crippen LogP contribution < -0.4 is 0 Å². The van der Waals surface area contributed by atoms with Gasteiger partial charge in [-0.05, 0) is 36.2 Å². The number of rotatable bonds is 4. The highest BCUT2D eigenvalue weighted by Crippen LogP contribution is 2.34. The van der Waals surface area contributed by atoms with Crippen molar-refractivity contribution in [2.45, 2.75) is 25.4 Å². The molecule has 0 aliphatic carbocycles. The van der Waals surface area contributed by atoms with Crippen LogP contribution in [0.25, 0.3) is 11.4 Å². The van der Waals surface area contributed by atoms with E-state index in [2.05, 4.69) is 15.1 Å². The molecule has 2 aromatic heterocycles. The van der Waals surface area contributed by atoms with E-state index in [1.807, 2.05) is 0 Å². The largest absolute Gasteiger partial charge is 0.337 e. The lowest BCUT2D eigenvalue weighted by Crippen LogP contribution is -2.27. The average Bonchev–Trinajstić information content (AvgIpc) is 3.23. The average molecular weight is 356 g/mol. The van der Waals surface area contributed by atoms with Crippen LogP contribution in [-0.2, 0) is 11.3 Å². The smallest absolute Gasteiger partial charge is 0.249 e. The molecule has 1 aromatic carbocycles. The number of halogens is 2. The summed E-state index contributed by atoms with van der Waals surface area (Å²) in [6.45, 7) is 0.0746. The van der Waals surface area contributed by atoms with Crippen LogP contribution in [-0.4, -0.2) is 25.9 Å². The molecule has 1 aliphatic rings. The first kappa shape index (κ1) is 16.3. The minimum Gasteiger partial charge on any atom is -0.337 e. The molecule has 3 aromatic rings. The molecule has 1 saturated heterocycles. The number of carbonyl (C=O) groups excluding carboxylic acids is 1. The molecular formula is C18H14F2N4O2. The van der Waals surface area contributed by atoms with Gasteiger partial charge in [0, 0.05) is 37.0 Å². The van der Waals surface area contributed by atoms with E-state index in [1.54, 1.807) is 24.5 Å². The molecule has 1 atom stereocenters. The second-order valence-electron chi connectivity index (χ2n) is 6.05. The zero-order valence-corrected chi connectivity index (χ0v) is 13.6. The molecule has 0 spiro atoms. The lowest BCUT2D eigenvalue weighted by atomic mass is 10.1. The number of carbonyl (C=O) groups is 1. The highest BCUT2D eigenvalue weighted by atomic mass is 19.1. The van der Waals surface area contributed by atoms with Gasteiger partial charge in [-0.1, -0.05) is 5.16 Å². The molecule has 132 valence electrons. The van der Waals surface area contributed by atoms with Gasteiger partial charge in [-0.25, -0.2) is 8.78 Å². The Labute approximate surface area is 147 Å². The highest BCUT2D eigenvalue weighted by molar-refractivity contribution is 5.78. The number of nitrogens with zero attached hydrogens (tertiary/aromatic N) is 4. The number of hydrogen-bond acceptors (Lipinski definition) is 5. The van der Waals surface area contributed by atoms with Gasteiger partial charge in [0.25, 0.3) is 0 Å². The predicted octanol–water partition coefficient (Wildman–Crippen LogP) is 3.27. The first-order valence-electron chi connectivity index (χ1n) is 8.08.